The van der Waals surface area contributed by atoms with Gasteiger partial charge in [-0.2, -0.15) is 5.10 Å². The fourth-order valence-electron chi connectivity index (χ4n) is 5.56. The zero-order valence-electron chi connectivity index (χ0n) is 21.3. The summed E-state index contributed by atoms with van der Waals surface area (Å²) in [5, 5.41) is 7.97. The van der Waals surface area contributed by atoms with Gasteiger partial charge in [0.25, 0.3) is 5.91 Å². The van der Waals surface area contributed by atoms with Crippen LogP contribution in [-0.2, 0) is 17.7 Å². The van der Waals surface area contributed by atoms with E-state index in [1.165, 1.54) is 0 Å². The number of benzene rings is 1. The van der Waals surface area contributed by atoms with E-state index in [1.54, 1.807) is 35.2 Å². The number of imidazole rings is 1. The lowest BCUT2D eigenvalue weighted by Crippen LogP contribution is -2.31. The smallest absolute Gasteiger partial charge is 0.272 e. The number of rotatable bonds is 5. The maximum atomic E-state index is 15.7. The highest BCUT2D eigenvalue weighted by Crippen LogP contribution is 2.36. The van der Waals surface area contributed by atoms with Crippen LogP contribution in [0.3, 0.4) is 0 Å². The molecule has 5 heterocycles. The molecule has 4 aromatic rings. The molecule has 39 heavy (non-hydrogen) atoms. The van der Waals surface area contributed by atoms with E-state index in [0.717, 1.165) is 25.7 Å². The van der Waals surface area contributed by atoms with Crippen molar-refractivity contribution in [3.05, 3.63) is 70.9 Å². The van der Waals surface area contributed by atoms with Crippen LogP contribution >= 0.6 is 0 Å². The van der Waals surface area contributed by atoms with Crippen molar-refractivity contribution in [3.63, 3.8) is 0 Å². The van der Waals surface area contributed by atoms with Gasteiger partial charge in [-0.15, -0.1) is 0 Å². The summed E-state index contributed by atoms with van der Waals surface area (Å²) in [6.45, 7) is 1.61. The average Bonchev–Trinajstić information content (AvgIpc) is 3.25. The Morgan fingerprint density at radius 2 is 2.03 bits per heavy atom. The van der Waals surface area contributed by atoms with Crippen LogP contribution in [0, 0.1) is 23.6 Å². The Kier molecular flexibility index (Phi) is 5.96. The zero-order valence-corrected chi connectivity index (χ0v) is 21.3. The minimum atomic E-state index is -1.04. The number of aromatic amines is 1. The fraction of sp³-hybridized carbons (Fsp3) is 0.414. The molecule has 1 unspecified atom stereocenters. The topological polar surface area (TPSA) is 89.8 Å². The summed E-state index contributed by atoms with van der Waals surface area (Å²) >= 11 is 0. The molecule has 2 aliphatic heterocycles. The van der Waals surface area contributed by atoms with Crippen molar-refractivity contribution in [1.29, 1.82) is 0 Å². The number of ether oxygens (including phenoxy) is 1. The number of fused-ring (bicyclic) bond motifs is 2. The third-order valence-electron chi connectivity index (χ3n) is 7.78. The maximum Gasteiger partial charge on any atom is 0.272 e. The molecule has 1 aromatic carbocycles. The second-order valence-electron chi connectivity index (χ2n) is 10.6. The van der Waals surface area contributed by atoms with Crippen LogP contribution in [-0.4, -0.2) is 49.6 Å². The Morgan fingerprint density at radius 3 is 2.82 bits per heavy atom. The average molecular weight is 531 g/mol. The standard InChI is InChI=1S/C29H28F2N6O2/c30-18-13-24-26(32-16-36(24)15-18)28(27-25(31)21-3-1-2-4-22(21)33-27)34-29(38)23-14-20(37(35-23)19-7-8-19)6-5-17-9-11-39-12-10-17/h1-4,14,16-19,28,33H,7-13,15H2,(H,34,38)/t18-,28?/m1/s1. The quantitative estimate of drug-likeness (QED) is 0.378. The first kappa shape index (κ1) is 24.1. The second kappa shape index (κ2) is 9.65. The Hall–Kier alpha value is -3.97. The van der Waals surface area contributed by atoms with Gasteiger partial charge >= 0.3 is 0 Å². The van der Waals surface area contributed by atoms with Crippen molar-refractivity contribution in [1.82, 2.24) is 29.6 Å². The normalized spacial score (nSPS) is 20.0. The van der Waals surface area contributed by atoms with Crippen LogP contribution in [0.4, 0.5) is 8.78 Å². The molecule has 1 saturated heterocycles. The summed E-state index contributed by atoms with van der Waals surface area (Å²) < 4.78 is 38.9. The van der Waals surface area contributed by atoms with Crippen LogP contribution < -0.4 is 5.32 Å². The SMILES string of the molecule is O=C(NC(c1ncn2c1C[C@@H](F)C2)c1[nH]c2ccccc2c1F)c1cc(C#CC2CCOCC2)n(C2CC2)n1. The van der Waals surface area contributed by atoms with Crippen LogP contribution in [0.25, 0.3) is 10.9 Å². The summed E-state index contributed by atoms with van der Waals surface area (Å²) in [6, 6.07) is 8.00. The minimum Gasteiger partial charge on any atom is -0.381 e. The molecule has 10 heteroatoms. The van der Waals surface area contributed by atoms with E-state index in [9.17, 15) is 9.18 Å². The molecule has 7 rings (SSSR count). The monoisotopic (exact) mass is 530 g/mol. The van der Waals surface area contributed by atoms with Crippen LogP contribution in [0.15, 0.2) is 36.7 Å². The number of amides is 1. The van der Waals surface area contributed by atoms with E-state index in [0.29, 0.717) is 41.2 Å². The summed E-state index contributed by atoms with van der Waals surface area (Å²) in [7, 11) is 0. The highest BCUT2D eigenvalue weighted by Gasteiger charge is 2.34. The van der Waals surface area contributed by atoms with E-state index in [-0.39, 0.29) is 36.3 Å². The van der Waals surface area contributed by atoms with E-state index < -0.39 is 23.9 Å². The lowest BCUT2D eigenvalue weighted by molar-refractivity contribution is 0.0807. The van der Waals surface area contributed by atoms with Gasteiger partial charge in [-0.3, -0.25) is 9.48 Å². The Balaban J connectivity index is 1.24. The molecular formula is C29H28F2N6O2. The first-order chi connectivity index (χ1) is 19.0. The van der Waals surface area contributed by atoms with Gasteiger partial charge in [0.15, 0.2) is 11.5 Å². The van der Waals surface area contributed by atoms with Gasteiger partial charge in [0.1, 0.15) is 17.9 Å². The highest BCUT2D eigenvalue weighted by molar-refractivity contribution is 5.93. The fourth-order valence-corrected chi connectivity index (χ4v) is 5.56. The van der Waals surface area contributed by atoms with Crippen molar-refractivity contribution >= 4 is 16.8 Å². The zero-order chi connectivity index (χ0) is 26.5. The summed E-state index contributed by atoms with van der Waals surface area (Å²) in [5.41, 5.74) is 2.76. The number of carbonyl (C=O) groups is 1. The molecule has 8 nitrogen and oxygen atoms in total. The third-order valence-corrected chi connectivity index (χ3v) is 7.78. The number of alkyl halides is 1. The summed E-state index contributed by atoms with van der Waals surface area (Å²) in [4.78, 5) is 21.2. The van der Waals surface area contributed by atoms with Crippen molar-refractivity contribution < 1.29 is 18.3 Å². The first-order valence-electron chi connectivity index (χ1n) is 13.5. The number of halogens is 2. The van der Waals surface area contributed by atoms with Gasteiger partial charge in [0.2, 0.25) is 0 Å². The molecule has 0 spiro atoms. The van der Waals surface area contributed by atoms with E-state index in [4.69, 9.17) is 4.74 Å². The van der Waals surface area contributed by atoms with Gasteiger partial charge in [-0.05, 0) is 43.7 Å². The third kappa shape index (κ3) is 4.51. The number of aromatic nitrogens is 5. The maximum absolute atomic E-state index is 15.7. The molecule has 1 aliphatic carbocycles. The number of carbonyl (C=O) groups excluding carboxylic acids is 1. The van der Waals surface area contributed by atoms with Crippen LogP contribution in [0.5, 0.6) is 0 Å². The molecule has 2 fully saturated rings. The van der Waals surface area contributed by atoms with Crippen molar-refractivity contribution in [2.45, 2.75) is 56.9 Å². The molecule has 3 aliphatic rings. The minimum absolute atomic E-state index is 0.159. The predicted octanol–water partition coefficient (Wildman–Crippen LogP) is 4.23. The number of H-pyrrole nitrogens is 1. The van der Waals surface area contributed by atoms with Crippen molar-refractivity contribution in [2.24, 2.45) is 5.92 Å². The molecule has 1 amide bonds. The van der Waals surface area contributed by atoms with Crippen molar-refractivity contribution in [2.75, 3.05) is 13.2 Å². The molecule has 2 N–H and O–H groups in total. The second-order valence-corrected chi connectivity index (χ2v) is 10.6. The number of hydrogen-bond donors (Lipinski definition) is 2. The molecule has 200 valence electrons. The molecule has 3 aromatic heterocycles. The van der Waals surface area contributed by atoms with Gasteiger partial charge in [0.05, 0.1) is 30.3 Å². The molecule has 0 bridgehead atoms. The molecule has 0 radical (unpaired) electrons. The lowest BCUT2D eigenvalue weighted by Gasteiger charge is -2.17. The predicted molar refractivity (Wildman–Crippen MR) is 139 cm³/mol. The number of hydrogen-bond acceptors (Lipinski definition) is 4. The van der Waals surface area contributed by atoms with Crippen LogP contribution in [0.2, 0.25) is 0 Å². The Morgan fingerprint density at radius 1 is 1.21 bits per heavy atom. The van der Waals surface area contributed by atoms with Gasteiger partial charge in [-0.1, -0.05) is 18.1 Å². The molecule has 1 saturated carbocycles. The molecule has 2 atom stereocenters. The van der Waals surface area contributed by atoms with E-state index >= 15 is 4.39 Å². The number of nitrogens with one attached hydrogen (secondary N) is 2. The number of para-hydroxylation sites is 1. The lowest BCUT2D eigenvalue weighted by atomic mass is 10.0. The largest absolute Gasteiger partial charge is 0.381 e. The van der Waals surface area contributed by atoms with E-state index in [2.05, 4.69) is 32.2 Å². The van der Waals surface area contributed by atoms with E-state index in [1.807, 2.05) is 10.7 Å². The Bertz CT molecular complexity index is 1620. The Labute approximate surface area is 223 Å². The summed E-state index contributed by atoms with van der Waals surface area (Å²) in [6.07, 6.45) is 4.43. The van der Waals surface area contributed by atoms with Gasteiger partial charge < -0.3 is 19.6 Å². The first-order valence-corrected chi connectivity index (χ1v) is 13.5. The molecular weight excluding hydrogens is 502 g/mol. The summed E-state index contributed by atoms with van der Waals surface area (Å²) in [5.74, 6) is 5.90. The van der Waals surface area contributed by atoms with Crippen molar-refractivity contribution in [3.8, 4) is 11.8 Å². The van der Waals surface area contributed by atoms with Gasteiger partial charge in [0, 0.05) is 48.2 Å². The number of nitrogens with zero attached hydrogens (tertiary/aromatic N) is 4. The highest BCUT2D eigenvalue weighted by atomic mass is 19.1. The van der Waals surface area contributed by atoms with Gasteiger partial charge in [-0.25, -0.2) is 13.8 Å². The van der Waals surface area contributed by atoms with Crippen LogP contribution in [0.1, 0.15) is 71.0 Å².